The van der Waals surface area contributed by atoms with E-state index in [0.717, 1.165) is 56.5 Å². The van der Waals surface area contributed by atoms with Crippen molar-refractivity contribution in [1.82, 2.24) is 15.5 Å². The second-order valence-electron chi connectivity index (χ2n) is 6.37. The summed E-state index contributed by atoms with van der Waals surface area (Å²) >= 11 is 0. The number of rotatable bonds is 17. The fourth-order valence-corrected chi connectivity index (χ4v) is 2.40. The van der Waals surface area contributed by atoms with Crippen LogP contribution in [0.1, 0.15) is 44.9 Å². The summed E-state index contributed by atoms with van der Waals surface area (Å²) in [5, 5.41) is 15.2. The van der Waals surface area contributed by atoms with Crippen LogP contribution in [0.5, 0.6) is 0 Å². The van der Waals surface area contributed by atoms with Crippen LogP contribution in [0.4, 0.5) is 4.79 Å². The highest BCUT2D eigenvalue weighted by molar-refractivity contribution is 5.86. The summed E-state index contributed by atoms with van der Waals surface area (Å²) in [6, 6.07) is 0. The average molecular weight is 533 g/mol. The molecule has 0 bridgehead atoms. The number of nitrogens with one attached hydrogen (secondary N) is 2. The first-order chi connectivity index (χ1) is 13.0. The Labute approximate surface area is 210 Å². The maximum absolute atomic E-state index is 11.9. The summed E-state index contributed by atoms with van der Waals surface area (Å²) in [5.41, 5.74) is 15.9. The average Bonchev–Trinajstić information content (AvgIpc) is 2.61. The van der Waals surface area contributed by atoms with Crippen LogP contribution < -0.4 is 27.8 Å². The standard InChI is InChI=1S/C17H37N7O3.4ClH/c18-8-7-10-21-9-5-6-13-24(17(26)27)14-15(25)22-11-3-1-2-4-12-23-16(19)20;;;;/h21H,1-14,18H2,(H,22,25)(H,26,27)(H4,19,20,23);4*1H. The minimum Gasteiger partial charge on any atom is -0.465 e. The van der Waals surface area contributed by atoms with E-state index in [1.807, 2.05) is 0 Å². The number of halogens is 4. The molecule has 0 saturated heterocycles. The summed E-state index contributed by atoms with van der Waals surface area (Å²) in [6.07, 6.45) is 5.11. The number of carboxylic acid groups (broad SMARTS) is 1. The molecule has 2 amide bonds. The predicted molar refractivity (Wildman–Crippen MR) is 137 cm³/mol. The van der Waals surface area contributed by atoms with Gasteiger partial charge in [0.25, 0.3) is 0 Å². The quantitative estimate of drug-likeness (QED) is 0.0930. The van der Waals surface area contributed by atoms with E-state index in [-0.39, 0.29) is 68.0 Å². The molecule has 0 fully saturated rings. The number of hydrogen-bond acceptors (Lipinski definition) is 5. The highest BCUT2D eigenvalue weighted by Gasteiger charge is 2.15. The van der Waals surface area contributed by atoms with Gasteiger partial charge in [-0.2, -0.15) is 0 Å². The molecule has 0 rings (SSSR count). The van der Waals surface area contributed by atoms with E-state index in [1.165, 1.54) is 0 Å². The summed E-state index contributed by atoms with van der Waals surface area (Å²) < 4.78 is 0. The van der Waals surface area contributed by atoms with E-state index in [4.69, 9.17) is 17.2 Å². The lowest BCUT2D eigenvalue weighted by Gasteiger charge is -2.18. The van der Waals surface area contributed by atoms with Gasteiger partial charge in [0.2, 0.25) is 5.91 Å². The lowest BCUT2D eigenvalue weighted by atomic mass is 10.2. The highest BCUT2D eigenvalue weighted by Crippen LogP contribution is 2.00. The smallest absolute Gasteiger partial charge is 0.407 e. The largest absolute Gasteiger partial charge is 0.465 e. The first kappa shape index (κ1) is 40.4. The Morgan fingerprint density at radius 1 is 0.839 bits per heavy atom. The van der Waals surface area contributed by atoms with Gasteiger partial charge in [0.05, 0.1) is 0 Å². The number of carbonyl (C=O) groups is 2. The molecular weight excluding hydrogens is 492 g/mol. The van der Waals surface area contributed by atoms with Crippen molar-refractivity contribution in [2.45, 2.75) is 44.9 Å². The van der Waals surface area contributed by atoms with E-state index < -0.39 is 6.09 Å². The second kappa shape index (κ2) is 29.1. The van der Waals surface area contributed by atoms with Gasteiger partial charge in [-0.3, -0.25) is 14.7 Å². The van der Waals surface area contributed by atoms with Crippen LogP contribution >= 0.6 is 49.6 Å². The van der Waals surface area contributed by atoms with Gasteiger partial charge in [-0.15, -0.1) is 49.6 Å². The van der Waals surface area contributed by atoms with Crippen molar-refractivity contribution in [1.29, 1.82) is 0 Å². The minimum absolute atomic E-state index is 0. The molecule has 14 heteroatoms. The highest BCUT2D eigenvalue weighted by atomic mass is 35.5. The molecule has 0 aliphatic rings. The molecule has 9 N–H and O–H groups in total. The Balaban J connectivity index is -0.000000563. The molecule has 0 aromatic carbocycles. The number of nitrogens with zero attached hydrogens (tertiary/aromatic N) is 2. The fourth-order valence-electron chi connectivity index (χ4n) is 2.40. The molecule has 0 aliphatic heterocycles. The number of aliphatic imine (C=N–C) groups is 1. The van der Waals surface area contributed by atoms with Crippen molar-refractivity contribution in [2.75, 3.05) is 45.8 Å². The molecule has 31 heavy (non-hydrogen) atoms. The zero-order valence-electron chi connectivity index (χ0n) is 17.9. The predicted octanol–water partition coefficient (Wildman–Crippen LogP) is 1.32. The molecular formula is C17H41Cl4N7O3. The molecule has 0 aromatic heterocycles. The molecule has 0 spiro atoms. The Kier molecular flexibility index (Phi) is 38.0. The number of carbonyl (C=O) groups excluding carboxylic acids is 1. The topological polar surface area (TPSA) is 172 Å². The zero-order chi connectivity index (χ0) is 20.3. The Hall–Kier alpha value is -0.910. The molecule has 0 aromatic rings. The summed E-state index contributed by atoms with van der Waals surface area (Å²) in [4.78, 5) is 28.2. The number of nitrogens with two attached hydrogens (primary N) is 3. The van der Waals surface area contributed by atoms with E-state index >= 15 is 0 Å². The van der Waals surface area contributed by atoms with Crippen molar-refractivity contribution in [3.63, 3.8) is 0 Å². The van der Waals surface area contributed by atoms with Gasteiger partial charge >= 0.3 is 6.09 Å². The van der Waals surface area contributed by atoms with E-state index in [1.54, 1.807) is 0 Å². The van der Waals surface area contributed by atoms with Crippen molar-refractivity contribution < 1.29 is 14.7 Å². The van der Waals surface area contributed by atoms with Crippen molar-refractivity contribution >= 4 is 67.6 Å². The van der Waals surface area contributed by atoms with E-state index in [9.17, 15) is 14.7 Å². The van der Waals surface area contributed by atoms with Crippen molar-refractivity contribution in [3.8, 4) is 0 Å². The number of amides is 2. The first-order valence-corrected chi connectivity index (χ1v) is 9.68. The van der Waals surface area contributed by atoms with Crippen LogP contribution in [0.2, 0.25) is 0 Å². The van der Waals surface area contributed by atoms with E-state index in [0.29, 0.717) is 32.6 Å². The van der Waals surface area contributed by atoms with Gasteiger partial charge in [0.15, 0.2) is 5.96 Å². The summed E-state index contributed by atoms with van der Waals surface area (Å²) in [7, 11) is 0. The van der Waals surface area contributed by atoms with Gasteiger partial charge in [-0.25, -0.2) is 4.79 Å². The molecule has 0 aliphatic carbocycles. The third-order valence-corrected chi connectivity index (χ3v) is 3.90. The van der Waals surface area contributed by atoms with Crippen molar-refractivity contribution in [2.24, 2.45) is 22.2 Å². The number of unbranched alkanes of at least 4 members (excludes halogenated alkanes) is 4. The fraction of sp³-hybridized carbons (Fsp3) is 0.824. The molecule has 0 atom stereocenters. The SMILES string of the molecule is Cl.Cl.Cl.Cl.NCCCNCCCCN(CC(=O)NCCCCCCN=C(N)N)C(=O)O. The lowest BCUT2D eigenvalue weighted by molar-refractivity contribution is -0.121. The zero-order valence-corrected chi connectivity index (χ0v) is 21.2. The van der Waals surface area contributed by atoms with Crippen LogP contribution in [0.3, 0.4) is 0 Å². The lowest BCUT2D eigenvalue weighted by Crippen LogP contribution is -2.41. The van der Waals surface area contributed by atoms with Gasteiger partial charge in [0.1, 0.15) is 6.54 Å². The number of hydrogen-bond donors (Lipinski definition) is 6. The summed E-state index contributed by atoms with van der Waals surface area (Å²) in [6.45, 7) is 3.74. The number of guanidine groups is 1. The normalized spacial score (nSPS) is 9.06. The van der Waals surface area contributed by atoms with Gasteiger partial charge in [0, 0.05) is 19.6 Å². The van der Waals surface area contributed by atoms with Gasteiger partial charge < -0.3 is 32.9 Å². The molecule has 0 heterocycles. The Morgan fingerprint density at radius 2 is 1.42 bits per heavy atom. The van der Waals surface area contributed by atoms with Crippen LogP contribution in [-0.2, 0) is 4.79 Å². The molecule has 0 unspecified atom stereocenters. The van der Waals surface area contributed by atoms with Crippen LogP contribution in [0.25, 0.3) is 0 Å². The molecule has 0 radical (unpaired) electrons. The Bertz CT molecular complexity index is 446. The molecule has 190 valence electrons. The maximum atomic E-state index is 11.9. The Morgan fingerprint density at radius 3 is 2.00 bits per heavy atom. The summed E-state index contributed by atoms with van der Waals surface area (Å²) in [5.74, 6) is -0.160. The van der Waals surface area contributed by atoms with Gasteiger partial charge in [-0.1, -0.05) is 12.8 Å². The monoisotopic (exact) mass is 531 g/mol. The third-order valence-electron chi connectivity index (χ3n) is 3.90. The molecule has 10 nitrogen and oxygen atoms in total. The third kappa shape index (κ3) is 29.1. The maximum Gasteiger partial charge on any atom is 0.407 e. The van der Waals surface area contributed by atoms with Crippen LogP contribution in [0, 0.1) is 0 Å². The first-order valence-electron chi connectivity index (χ1n) is 9.68. The minimum atomic E-state index is -1.07. The van der Waals surface area contributed by atoms with Gasteiger partial charge in [-0.05, 0) is 51.7 Å². The molecule has 0 saturated carbocycles. The second-order valence-corrected chi connectivity index (χ2v) is 6.37. The van der Waals surface area contributed by atoms with Crippen LogP contribution in [0.15, 0.2) is 4.99 Å². The van der Waals surface area contributed by atoms with Crippen molar-refractivity contribution in [3.05, 3.63) is 0 Å². The van der Waals surface area contributed by atoms with Crippen LogP contribution in [-0.4, -0.2) is 73.8 Å². The van der Waals surface area contributed by atoms with E-state index in [2.05, 4.69) is 15.6 Å².